The zero-order valence-electron chi connectivity index (χ0n) is 81.2. The Morgan fingerprint density at radius 1 is 0.454 bits per heavy atom. The highest BCUT2D eigenvalue weighted by Crippen LogP contribution is 2.37. The van der Waals surface area contributed by atoms with E-state index in [4.69, 9.17) is 104 Å². The molecule has 12 heterocycles. The van der Waals surface area contributed by atoms with Crippen LogP contribution in [0.1, 0.15) is 198 Å². The van der Waals surface area contributed by atoms with E-state index in [0.29, 0.717) is 81.7 Å². The summed E-state index contributed by atoms with van der Waals surface area (Å²) >= 11 is 40.4. The summed E-state index contributed by atoms with van der Waals surface area (Å²) in [7, 11) is 1.46. The molecule has 760 valence electrons. The van der Waals surface area contributed by atoms with Crippen molar-refractivity contribution in [1.29, 1.82) is 0 Å². The number of amides is 5. The van der Waals surface area contributed by atoms with Gasteiger partial charge in [-0.2, -0.15) is 0 Å². The van der Waals surface area contributed by atoms with Crippen LogP contribution in [-0.2, 0) is 26.2 Å². The number of nitrogens with one attached hydrogen (secondary N) is 2. The molecule has 141 heavy (non-hydrogen) atoms. The number of piperidine rings is 4. The van der Waals surface area contributed by atoms with Gasteiger partial charge in [-0.3, -0.25) is 68.6 Å². The Morgan fingerprint density at radius 2 is 0.858 bits per heavy atom. The van der Waals surface area contributed by atoms with Gasteiger partial charge in [-0.15, -0.1) is 0 Å². The normalized spacial score (nSPS) is 20.7. The number of hydrogen-bond acceptors (Lipinski definition) is 28. The molecule has 1 saturated carbocycles. The van der Waals surface area contributed by atoms with E-state index in [2.05, 4.69) is 171 Å². The minimum atomic E-state index is -0.615. The van der Waals surface area contributed by atoms with Gasteiger partial charge in [0.25, 0.3) is 29.5 Å². The molecule has 0 unspecified atom stereocenters. The fourth-order valence-electron chi connectivity index (χ4n) is 20.8. The lowest BCUT2D eigenvalue weighted by Crippen LogP contribution is -2.58. The molecule has 4 aromatic carbocycles. The van der Waals surface area contributed by atoms with E-state index < -0.39 is 17.7 Å². The first kappa shape index (κ1) is 107. The number of likely N-dealkylation sites (tertiary alicyclic amines) is 4. The van der Waals surface area contributed by atoms with Crippen molar-refractivity contribution < 1.29 is 28.4 Å². The van der Waals surface area contributed by atoms with Gasteiger partial charge in [-0.25, -0.2) is 44.3 Å². The predicted molar refractivity (Wildman–Crippen MR) is 561 cm³/mol. The lowest BCUT2D eigenvalue weighted by molar-refractivity contribution is 0.0490. The van der Waals surface area contributed by atoms with Crippen LogP contribution >= 0.6 is 85.5 Å². The van der Waals surface area contributed by atoms with Gasteiger partial charge in [0, 0.05) is 200 Å². The molecule has 0 spiro atoms. The van der Waals surface area contributed by atoms with Crippen molar-refractivity contribution in [2.75, 3.05) is 169 Å². The van der Waals surface area contributed by atoms with Crippen molar-refractivity contribution in [2.24, 2.45) is 27.9 Å². The van der Waals surface area contributed by atoms with Gasteiger partial charge in [-0.1, -0.05) is 122 Å². The predicted octanol–water partition coefficient (Wildman–Crippen LogP) is 12.3. The Labute approximate surface area is 864 Å². The van der Waals surface area contributed by atoms with E-state index in [1.807, 2.05) is 42.2 Å². The number of nitrogen functional groups attached to an aromatic ring is 2. The molecule has 9 aliphatic rings. The first-order chi connectivity index (χ1) is 67.9. The molecule has 1 aliphatic carbocycles. The number of primary amides is 2. The van der Waals surface area contributed by atoms with Crippen LogP contribution in [0.25, 0.3) is 0 Å². The van der Waals surface area contributed by atoms with Crippen LogP contribution in [0.4, 0.5) is 39.3 Å². The van der Waals surface area contributed by atoms with Crippen molar-refractivity contribution in [1.82, 2.24) is 89.7 Å². The number of hydrogen-bond donors (Lipinski definition) is 8. The number of piperazine rings is 4. The van der Waals surface area contributed by atoms with Crippen molar-refractivity contribution in [2.45, 2.75) is 205 Å². The highest BCUT2D eigenvalue weighted by atomic mass is 79.9. The van der Waals surface area contributed by atoms with E-state index >= 15 is 0 Å². The Morgan fingerprint density at radius 3 is 1.28 bits per heavy atom. The monoisotopic (exact) mass is 2120 g/mol. The summed E-state index contributed by atoms with van der Waals surface area (Å²) in [6, 6.07) is 30.3. The second kappa shape index (κ2) is 50.4. The highest BCUT2D eigenvalue weighted by Gasteiger charge is 2.41. The molecular weight excluding hydrogens is 1990 g/mol. The SMILES string of the molecule is CC[C@H]1CN(c2nc(N)c(C(=O)NC(N)=NC)nc2Cl)CCN1C1CCN(Cc2ccc(Cl)c(F)c2)CC1.CC[C@H]1CN(c2nc(N)c(C(=O)NC3CC3)nc2Cl)CCN1C1CCN(Cc2ccc(Cl)cc2CN)CC1.CC[C@H]1CN(c2ncc(C(N)=O)nc2Br)CCN1C1CCN(C(=O)c2ccc(Cl)cc2)CC1.CC[C@H]1CN(c2ncc(C(N)=O)nc2C)CCN1C1CCN(Cc2ccc(Cl)cc2)CC1. The molecule has 8 aromatic rings. The van der Waals surface area contributed by atoms with Crippen LogP contribution < -0.4 is 64.6 Å². The third-order valence-corrected chi connectivity index (χ3v) is 30.9. The van der Waals surface area contributed by atoms with Crippen LogP contribution in [0, 0.1) is 12.7 Å². The maximum Gasteiger partial charge on any atom is 0.280 e. The molecule has 42 heteroatoms. The second-order valence-electron chi connectivity index (χ2n) is 37.7. The number of nitrogens with two attached hydrogens (primary N) is 6. The van der Waals surface area contributed by atoms with E-state index in [1.165, 1.54) is 49.5 Å². The number of halogens is 8. The quantitative estimate of drug-likeness (QED) is 0.0195. The van der Waals surface area contributed by atoms with E-state index in [0.717, 1.165) is 266 Å². The topological polar surface area (TPSA) is 420 Å². The van der Waals surface area contributed by atoms with Crippen molar-refractivity contribution in [3.8, 4) is 0 Å². The minimum absolute atomic E-state index is 0.0192. The van der Waals surface area contributed by atoms with Gasteiger partial charge in [0.1, 0.15) is 27.6 Å². The summed E-state index contributed by atoms with van der Waals surface area (Å²) in [5, 5.41) is 7.97. The molecular formula is C99H133BrCl6FN29O5. The summed E-state index contributed by atoms with van der Waals surface area (Å²) in [5.41, 5.74) is 40.9. The molecule has 4 atom stereocenters. The van der Waals surface area contributed by atoms with Crippen LogP contribution in [-0.4, -0.2) is 307 Å². The van der Waals surface area contributed by atoms with Crippen LogP contribution in [0.15, 0.2) is 107 Å². The average molecular weight is 2120 g/mol. The Balaban J connectivity index is 0.000000150. The van der Waals surface area contributed by atoms with Gasteiger partial charge < -0.3 is 64.2 Å². The minimum Gasteiger partial charge on any atom is -0.382 e. The number of aliphatic imine (C=N–C) groups is 1. The third kappa shape index (κ3) is 28.1. The number of nitrogens with zero attached hydrogens (tertiary/aromatic N) is 21. The zero-order chi connectivity index (χ0) is 100. The van der Waals surface area contributed by atoms with Crippen LogP contribution in [0.5, 0.6) is 0 Å². The second-order valence-corrected chi connectivity index (χ2v) is 40.9. The lowest BCUT2D eigenvalue weighted by atomic mass is 9.97. The fourth-order valence-corrected chi connectivity index (χ4v) is 22.4. The van der Waals surface area contributed by atoms with Gasteiger partial charge >= 0.3 is 0 Å². The summed E-state index contributed by atoms with van der Waals surface area (Å²) in [5.74, 6) is 0.359. The molecule has 5 amide bonds. The molecule has 8 aliphatic heterocycles. The van der Waals surface area contributed by atoms with Gasteiger partial charge in [0.15, 0.2) is 56.7 Å². The first-order valence-corrected chi connectivity index (χ1v) is 52.3. The van der Waals surface area contributed by atoms with Gasteiger partial charge in [0.05, 0.1) is 23.1 Å². The maximum absolute atomic E-state index is 13.8. The Hall–Kier alpha value is -9.35. The average Bonchev–Trinajstić information content (AvgIpc) is 1.32. The largest absolute Gasteiger partial charge is 0.382 e. The zero-order valence-corrected chi connectivity index (χ0v) is 87.3. The molecule has 4 aromatic heterocycles. The van der Waals surface area contributed by atoms with Crippen LogP contribution in [0.3, 0.4) is 0 Å². The summed E-state index contributed by atoms with van der Waals surface area (Å²) in [6.45, 7) is 32.0. The molecule has 14 N–H and O–H groups in total. The van der Waals surface area contributed by atoms with Crippen molar-refractivity contribution >= 4 is 156 Å². The molecule has 17 rings (SSSR count). The Bertz CT molecular complexity index is 5640. The molecule has 34 nitrogen and oxygen atoms in total. The first-order valence-electron chi connectivity index (χ1n) is 49.2. The standard InChI is InChI=1S/C27H38Cl2N8O.C25H34Cl2FN9O.C24H33ClN6O.C23H28BrClN6O2/c1-2-21-16-36(26-24(29)33-23(25(31)34-26)27(38)32-20-5-6-20)11-12-37(21)22-7-9-35(10-8-22)15-17-3-4-19(28)13-18(17)14-30;1-3-16-14-36(23-21(27)32-20(22(29)33-23)24(38)34-25(30)31-2)10-11-37(16)17-6-8-35(9-7-17)13-15-4-5-18(26)19(28)12-15;1-3-20-16-30(24-17(2)28-22(14-27-24)23(26)32)12-13-31(20)21-8-10-29(11-9-21)15-18-4-6-19(25)7-5-18;1-2-17-14-30(22-20(24)28-19(13-27-22)21(26)32)11-12-31(17)18-7-9-29(10-8-18)23(33)15-3-5-16(25)6-4-15/h3-4,13,20-22H,2,5-12,14-16,30H2,1H3,(H2,31,34)(H,32,38);4-5,12,16-17H,3,6-11,13-14H2,1-2H3,(H2,29,33)(H3,30,31,34,38);4-7,14,20-21H,3,8-13,15-16H2,1-2H3,(H2,26,32);3-6,13,17-18H,2,7-12,14H2,1H3,(H2,26,32)/t21-;16-;20-;17-/m0000/s1. The van der Waals surface area contributed by atoms with E-state index in [9.17, 15) is 28.4 Å². The lowest BCUT2D eigenvalue weighted by Gasteiger charge is -2.47. The maximum atomic E-state index is 13.8. The number of aryl methyl sites for hydroxylation is 1. The number of rotatable bonds is 25. The molecule has 0 radical (unpaired) electrons. The van der Waals surface area contributed by atoms with Gasteiger partial charge in [0.2, 0.25) is 0 Å². The van der Waals surface area contributed by atoms with Crippen LogP contribution in [0.2, 0.25) is 30.4 Å². The third-order valence-electron chi connectivity index (χ3n) is 28.8. The smallest absolute Gasteiger partial charge is 0.280 e. The van der Waals surface area contributed by atoms with E-state index in [1.54, 1.807) is 30.3 Å². The highest BCUT2D eigenvalue weighted by molar-refractivity contribution is 9.10. The number of aromatic nitrogens is 8. The van der Waals surface area contributed by atoms with E-state index in [-0.39, 0.29) is 79.4 Å². The number of carbonyl (C=O) groups is 5. The number of guanidine groups is 1. The summed E-state index contributed by atoms with van der Waals surface area (Å²) < 4.78 is 14.4. The number of carbonyl (C=O) groups excluding carboxylic acids is 5. The van der Waals surface area contributed by atoms with Crippen molar-refractivity contribution in [3.63, 3.8) is 0 Å². The summed E-state index contributed by atoms with van der Waals surface area (Å²) in [6.07, 6.45) is 17.7. The van der Waals surface area contributed by atoms with Gasteiger partial charge in [-0.05, 0) is 235 Å². The van der Waals surface area contributed by atoms with Crippen molar-refractivity contribution in [3.05, 3.63) is 194 Å². The fraction of sp³-hybridized carbons (Fsp3) is 0.535. The number of anilines is 6. The Kier molecular flexibility index (Phi) is 38.4. The molecule has 8 saturated heterocycles. The molecule has 0 bridgehead atoms. The molecule has 9 fully saturated rings. The number of benzene rings is 4. The summed E-state index contributed by atoms with van der Waals surface area (Å²) in [4.78, 5) is 128.